The first-order valence-electron chi connectivity index (χ1n) is 9.14. The molecule has 30 heavy (non-hydrogen) atoms. The Kier molecular flexibility index (Phi) is 6.01. The van der Waals surface area contributed by atoms with E-state index in [9.17, 15) is 4.79 Å². The zero-order valence-corrected chi connectivity index (χ0v) is 18.7. The molecular weight excluding hydrogens is 466 g/mol. The van der Waals surface area contributed by atoms with Gasteiger partial charge in [-0.1, -0.05) is 51.5 Å². The smallest absolute Gasteiger partial charge is 0.277 e. The van der Waals surface area contributed by atoms with Crippen LogP contribution in [0.1, 0.15) is 11.3 Å². The van der Waals surface area contributed by atoms with Crippen molar-refractivity contribution in [1.82, 2.24) is 20.0 Å². The maximum Gasteiger partial charge on any atom is 0.277 e. The standard InChI is InChI=1S/C21H18BrN5O2S/c1-13-6-8-17(9-7-13)27-18(10-14(2)26-27)23-19(28)12-30-21-25-24-20(29-21)15-4-3-5-16(22)11-15/h3-11H,12H2,1-2H3,(H,23,28). The first-order valence-corrected chi connectivity index (χ1v) is 10.9. The normalized spacial score (nSPS) is 10.9. The van der Waals surface area contributed by atoms with E-state index in [1.807, 2.05) is 68.4 Å². The van der Waals surface area contributed by atoms with Gasteiger partial charge in [-0.25, -0.2) is 4.68 Å². The Balaban J connectivity index is 1.41. The van der Waals surface area contributed by atoms with Crippen LogP contribution in [0, 0.1) is 13.8 Å². The van der Waals surface area contributed by atoms with Gasteiger partial charge in [-0.15, -0.1) is 10.2 Å². The number of nitrogens with one attached hydrogen (secondary N) is 1. The summed E-state index contributed by atoms with van der Waals surface area (Å²) in [5, 5.41) is 15.8. The molecule has 1 N–H and O–H groups in total. The maximum atomic E-state index is 12.5. The molecule has 0 aliphatic carbocycles. The number of aromatic nitrogens is 4. The second-order valence-corrected chi connectivity index (χ2v) is 8.48. The molecule has 0 atom stereocenters. The highest BCUT2D eigenvalue weighted by atomic mass is 79.9. The summed E-state index contributed by atoms with van der Waals surface area (Å²) in [4.78, 5) is 12.5. The van der Waals surface area contributed by atoms with E-state index in [2.05, 4.69) is 36.5 Å². The molecule has 4 rings (SSSR count). The van der Waals surface area contributed by atoms with Gasteiger partial charge in [-0.05, 0) is 44.2 Å². The number of hydrogen-bond acceptors (Lipinski definition) is 6. The third-order valence-electron chi connectivity index (χ3n) is 4.18. The third-order valence-corrected chi connectivity index (χ3v) is 5.49. The lowest BCUT2D eigenvalue weighted by atomic mass is 10.2. The van der Waals surface area contributed by atoms with Crippen molar-refractivity contribution in [3.05, 3.63) is 70.3 Å². The second kappa shape index (κ2) is 8.85. The summed E-state index contributed by atoms with van der Waals surface area (Å²) in [6.07, 6.45) is 0. The summed E-state index contributed by atoms with van der Waals surface area (Å²) in [5.74, 6) is 0.975. The van der Waals surface area contributed by atoms with Gasteiger partial charge in [0.15, 0.2) is 0 Å². The lowest BCUT2D eigenvalue weighted by Crippen LogP contribution is -2.17. The molecule has 0 saturated heterocycles. The van der Waals surface area contributed by atoms with E-state index >= 15 is 0 Å². The summed E-state index contributed by atoms with van der Waals surface area (Å²) >= 11 is 4.60. The predicted molar refractivity (Wildman–Crippen MR) is 120 cm³/mol. The number of benzene rings is 2. The minimum absolute atomic E-state index is 0.137. The fourth-order valence-electron chi connectivity index (χ4n) is 2.78. The van der Waals surface area contributed by atoms with Crippen molar-refractivity contribution in [1.29, 1.82) is 0 Å². The van der Waals surface area contributed by atoms with E-state index in [1.54, 1.807) is 4.68 Å². The van der Waals surface area contributed by atoms with Gasteiger partial charge in [-0.3, -0.25) is 4.79 Å². The number of anilines is 1. The first-order chi connectivity index (χ1) is 14.5. The summed E-state index contributed by atoms with van der Waals surface area (Å²) in [6.45, 7) is 3.91. The monoisotopic (exact) mass is 483 g/mol. The molecule has 2 heterocycles. The summed E-state index contributed by atoms with van der Waals surface area (Å²) in [5.41, 5.74) is 3.67. The lowest BCUT2D eigenvalue weighted by molar-refractivity contribution is -0.113. The van der Waals surface area contributed by atoms with Gasteiger partial charge in [0, 0.05) is 16.1 Å². The number of aryl methyl sites for hydroxylation is 2. The van der Waals surface area contributed by atoms with Gasteiger partial charge >= 0.3 is 0 Å². The Bertz CT molecular complexity index is 1190. The van der Waals surface area contributed by atoms with Crippen molar-refractivity contribution in [3.63, 3.8) is 0 Å². The van der Waals surface area contributed by atoms with Crippen molar-refractivity contribution in [2.45, 2.75) is 19.1 Å². The highest BCUT2D eigenvalue weighted by molar-refractivity contribution is 9.10. The quantitative estimate of drug-likeness (QED) is 0.387. The van der Waals surface area contributed by atoms with Crippen LogP contribution in [0.5, 0.6) is 0 Å². The van der Waals surface area contributed by atoms with E-state index in [-0.39, 0.29) is 11.7 Å². The van der Waals surface area contributed by atoms with Gasteiger partial charge in [0.05, 0.1) is 17.1 Å². The van der Waals surface area contributed by atoms with Crippen molar-refractivity contribution in [2.24, 2.45) is 0 Å². The number of halogens is 1. The highest BCUT2D eigenvalue weighted by Gasteiger charge is 2.14. The number of thioether (sulfide) groups is 1. The van der Waals surface area contributed by atoms with Gasteiger partial charge < -0.3 is 9.73 Å². The molecule has 1 amide bonds. The Morgan fingerprint density at radius 3 is 2.70 bits per heavy atom. The van der Waals surface area contributed by atoms with E-state index in [0.29, 0.717) is 16.9 Å². The number of carbonyl (C=O) groups is 1. The Morgan fingerprint density at radius 1 is 1.13 bits per heavy atom. The second-order valence-electron chi connectivity index (χ2n) is 6.64. The minimum atomic E-state index is -0.185. The molecule has 4 aromatic rings. The molecule has 0 bridgehead atoms. The fraction of sp³-hybridized carbons (Fsp3) is 0.143. The molecule has 0 radical (unpaired) electrons. The van der Waals surface area contributed by atoms with Gasteiger partial charge in [0.1, 0.15) is 5.82 Å². The Hall–Kier alpha value is -2.91. The topological polar surface area (TPSA) is 85.8 Å². The zero-order chi connectivity index (χ0) is 21.1. The van der Waals surface area contributed by atoms with Crippen LogP contribution < -0.4 is 5.32 Å². The maximum absolute atomic E-state index is 12.5. The number of nitrogens with zero attached hydrogens (tertiary/aromatic N) is 4. The molecule has 152 valence electrons. The third kappa shape index (κ3) is 4.80. The average molecular weight is 484 g/mol. The Labute approximate surface area is 186 Å². The summed E-state index contributed by atoms with van der Waals surface area (Å²) in [7, 11) is 0. The molecule has 2 aromatic heterocycles. The van der Waals surface area contributed by atoms with Crippen molar-refractivity contribution < 1.29 is 9.21 Å². The van der Waals surface area contributed by atoms with Gasteiger partial charge in [0.2, 0.25) is 11.8 Å². The number of amides is 1. The molecular formula is C21H18BrN5O2S. The van der Waals surface area contributed by atoms with Crippen molar-refractivity contribution in [2.75, 3.05) is 11.1 Å². The fourth-order valence-corrected chi connectivity index (χ4v) is 3.75. The van der Waals surface area contributed by atoms with Crippen LogP contribution in [-0.2, 0) is 4.79 Å². The van der Waals surface area contributed by atoms with Crippen LogP contribution in [0.15, 0.2) is 68.7 Å². The van der Waals surface area contributed by atoms with Crippen LogP contribution in [0.25, 0.3) is 17.1 Å². The summed E-state index contributed by atoms with van der Waals surface area (Å²) < 4.78 is 8.30. The van der Waals surface area contributed by atoms with E-state index in [1.165, 1.54) is 11.8 Å². The largest absolute Gasteiger partial charge is 0.411 e. The molecule has 0 fully saturated rings. The molecule has 0 saturated carbocycles. The highest BCUT2D eigenvalue weighted by Crippen LogP contribution is 2.25. The van der Waals surface area contributed by atoms with Crippen LogP contribution in [0.4, 0.5) is 5.82 Å². The predicted octanol–water partition coefficient (Wildman–Crippen LogP) is 5.03. The van der Waals surface area contributed by atoms with Crippen LogP contribution >= 0.6 is 27.7 Å². The molecule has 0 aliphatic heterocycles. The number of rotatable bonds is 6. The van der Waals surface area contributed by atoms with Crippen LogP contribution in [-0.4, -0.2) is 31.6 Å². The number of carbonyl (C=O) groups excluding carboxylic acids is 1. The van der Waals surface area contributed by atoms with Gasteiger partial charge in [0.25, 0.3) is 5.22 Å². The molecule has 2 aromatic carbocycles. The number of hydrogen-bond donors (Lipinski definition) is 1. The van der Waals surface area contributed by atoms with E-state index in [4.69, 9.17) is 4.42 Å². The van der Waals surface area contributed by atoms with E-state index < -0.39 is 0 Å². The minimum Gasteiger partial charge on any atom is -0.411 e. The summed E-state index contributed by atoms with van der Waals surface area (Å²) in [6, 6.07) is 17.4. The molecule has 0 unspecified atom stereocenters. The zero-order valence-electron chi connectivity index (χ0n) is 16.3. The SMILES string of the molecule is Cc1ccc(-n2nc(C)cc2NC(=O)CSc2nnc(-c3cccc(Br)c3)o2)cc1. The Morgan fingerprint density at radius 2 is 1.93 bits per heavy atom. The first kappa shape index (κ1) is 20.4. The average Bonchev–Trinajstić information content (AvgIpc) is 3.34. The lowest BCUT2D eigenvalue weighted by Gasteiger charge is -2.08. The van der Waals surface area contributed by atoms with Crippen molar-refractivity contribution in [3.8, 4) is 17.1 Å². The molecule has 9 heteroatoms. The van der Waals surface area contributed by atoms with Crippen LogP contribution in [0.3, 0.4) is 0 Å². The van der Waals surface area contributed by atoms with Crippen molar-refractivity contribution >= 4 is 39.4 Å². The van der Waals surface area contributed by atoms with E-state index in [0.717, 1.165) is 27.0 Å². The molecule has 0 spiro atoms. The molecule has 7 nitrogen and oxygen atoms in total. The van der Waals surface area contributed by atoms with Crippen LogP contribution in [0.2, 0.25) is 0 Å². The van der Waals surface area contributed by atoms with Gasteiger partial charge in [-0.2, -0.15) is 5.10 Å². The molecule has 0 aliphatic rings.